The fraction of sp³-hybridized carbons (Fsp3) is 0.414. The first-order valence-electron chi connectivity index (χ1n) is 14.8. The molecule has 5 amide bonds. The van der Waals surface area contributed by atoms with Crippen molar-refractivity contribution in [3.63, 3.8) is 0 Å². The molecular weight excluding hydrogens is 1390 g/mol. The first-order valence-corrected chi connectivity index (χ1v) is 21.3. The zero-order valence-corrected chi connectivity index (χ0v) is 40.0. The molecule has 2 rings (SSSR count). The Morgan fingerprint density at radius 2 is 1.02 bits per heavy atom. The van der Waals surface area contributed by atoms with E-state index < -0.39 is 93.0 Å². The van der Waals surface area contributed by atoms with Crippen LogP contribution >= 0.6 is 136 Å². The molecule has 5 unspecified atom stereocenters. The molecular formula is C29H33I6N5O13. The summed E-state index contributed by atoms with van der Waals surface area (Å²) >= 11 is 10.7. The highest BCUT2D eigenvalue weighted by molar-refractivity contribution is 14.1. The summed E-state index contributed by atoms with van der Waals surface area (Å²) in [6.45, 7) is -3.04. The Bertz CT molecular complexity index is 1660. The predicted molar refractivity (Wildman–Crippen MR) is 238 cm³/mol. The summed E-state index contributed by atoms with van der Waals surface area (Å²) in [5, 5.41) is 85.5. The average molecular weight is 1420 g/mol. The molecule has 2 aromatic carbocycles. The van der Waals surface area contributed by atoms with Crippen LogP contribution in [-0.2, 0) is 4.79 Å². The first kappa shape index (κ1) is 49.0. The molecule has 0 aliphatic heterocycles. The van der Waals surface area contributed by atoms with E-state index in [1.54, 1.807) is 90.4 Å². The van der Waals surface area contributed by atoms with Gasteiger partial charge in [-0.15, -0.1) is 0 Å². The number of carbonyl (C=O) groups is 5. The normalized spacial score (nSPS) is 14.0. The highest BCUT2D eigenvalue weighted by Gasteiger charge is 2.35. The van der Waals surface area contributed by atoms with Crippen LogP contribution < -0.4 is 26.4 Å². The average Bonchev–Trinajstić information content (AvgIpc) is 3.10. The highest BCUT2D eigenvalue weighted by atomic mass is 127. The summed E-state index contributed by atoms with van der Waals surface area (Å²) in [7, 11) is 0. The molecule has 0 bridgehead atoms. The second-order valence-corrected chi connectivity index (χ2v) is 17.5. The number of benzene rings is 2. The minimum atomic E-state index is -1.59. The molecule has 12 N–H and O–H groups in total. The van der Waals surface area contributed by atoms with E-state index in [-0.39, 0.29) is 48.8 Å². The van der Waals surface area contributed by atoms with Crippen molar-refractivity contribution in [3.8, 4) is 0 Å². The third-order valence-electron chi connectivity index (χ3n) is 7.16. The van der Waals surface area contributed by atoms with E-state index in [0.717, 1.165) is 11.9 Å². The van der Waals surface area contributed by atoms with Gasteiger partial charge >= 0.3 is 0 Å². The van der Waals surface area contributed by atoms with E-state index >= 15 is 0 Å². The van der Waals surface area contributed by atoms with E-state index in [0.29, 0.717) is 7.14 Å². The van der Waals surface area contributed by atoms with Gasteiger partial charge in [0.15, 0.2) is 0 Å². The summed E-state index contributed by atoms with van der Waals surface area (Å²) in [4.78, 5) is 68.1. The quantitative estimate of drug-likeness (QED) is 0.0710. The van der Waals surface area contributed by atoms with Crippen molar-refractivity contribution in [1.82, 2.24) is 21.4 Å². The molecule has 0 fully saturated rings. The van der Waals surface area contributed by atoms with Crippen molar-refractivity contribution >= 4 is 171 Å². The van der Waals surface area contributed by atoms with Crippen molar-refractivity contribution in [2.75, 3.05) is 44.6 Å². The number of nitrogens with zero attached hydrogens (tertiary/aromatic N) is 1. The topological polar surface area (TPSA) is 299 Å². The van der Waals surface area contributed by atoms with Gasteiger partial charge in [0, 0.05) is 27.7 Å². The minimum absolute atomic E-state index is 0.000240. The second kappa shape index (κ2) is 22.7. The van der Waals surface area contributed by atoms with E-state index in [4.69, 9.17) is 5.11 Å². The maximum Gasteiger partial charge on any atom is 0.272 e. The van der Waals surface area contributed by atoms with E-state index in [9.17, 15) is 59.7 Å². The molecule has 0 saturated carbocycles. The Morgan fingerprint density at radius 1 is 0.604 bits per heavy atom. The third-order valence-corrected chi connectivity index (χ3v) is 13.1. The van der Waals surface area contributed by atoms with E-state index in [1.807, 2.05) is 45.2 Å². The Balaban J connectivity index is 2.85. The smallest absolute Gasteiger partial charge is 0.272 e. The molecule has 0 heterocycles. The van der Waals surface area contributed by atoms with Crippen molar-refractivity contribution in [1.29, 1.82) is 0 Å². The standard InChI is InChI=1S/C29H33I6N5O13/c1-9(46)40(39-29(53)18-12(31)2-11(30)17(21(18)32)26(50)36-3-10(47)4-41)25-23(34)19(27(51)37-13(5-42)15(48)7-44)22(33)20(24(25)35)28(52)38-14(6-43)16(49)8-45/h2,10,13-16,41-45,47-49H,3-8H2,1H3,(H,36,50)(H,37,51)(H,38,52)(H,39,53). The number of halogens is 6. The maximum absolute atomic E-state index is 14.0. The monoisotopic (exact) mass is 1420 g/mol. The van der Waals surface area contributed by atoms with Crippen LogP contribution in [0.4, 0.5) is 5.69 Å². The molecule has 0 saturated heterocycles. The number of rotatable bonds is 16. The summed E-state index contributed by atoms with van der Waals surface area (Å²) in [6.07, 6.45) is -4.41. The summed E-state index contributed by atoms with van der Waals surface area (Å²) in [5.74, 6) is -4.30. The first-order chi connectivity index (χ1) is 24.8. The van der Waals surface area contributed by atoms with Crippen molar-refractivity contribution < 1.29 is 64.8 Å². The molecule has 0 aliphatic rings. The van der Waals surface area contributed by atoms with Gasteiger partial charge < -0.3 is 56.8 Å². The summed E-state index contributed by atoms with van der Waals surface area (Å²) < 4.78 is 0.948. The molecule has 294 valence electrons. The highest BCUT2D eigenvalue weighted by Crippen LogP contribution is 2.38. The largest absolute Gasteiger partial charge is 0.394 e. The lowest BCUT2D eigenvalue weighted by molar-refractivity contribution is -0.117. The minimum Gasteiger partial charge on any atom is -0.394 e. The Hall–Kier alpha value is -0.150. The van der Waals surface area contributed by atoms with Crippen LogP contribution in [0.1, 0.15) is 48.4 Å². The van der Waals surface area contributed by atoms with Crippen molar-refractivity contribution in [2.24, 2.45) is 0 Å². The van der Waals surface area contributed by atoms with Gasteiger partial charge in [0.05, 0.1) is 98.5 Å². The van der Waals surface area contributed by atoms with Crippen LogP contribution in [0.15, 0.2) is 6.07 Å². The lowest BCUT2D eigenvalue weighted by Crippen LogP contribution is -2.50. The lowest BCUT2D eigenvalue weighted by Gasteiger charge is -2.29. The molecule has 0 aliphatic carbocycles. The van der Waals surface area contributed by atoms with Gasteiger partial charge in [-0.05, 0) is 142 Å². The molecule has 2 aromatic rings. The predicted octanol–water partition coefficient (Wildman–Crippen LogP) is -1.02. The number of nitrogens with one attached hydrogen (secondary N) is 4. The summed E-state index contributed by atoms with van der Waals surface area (Å²) in [5.41, 5.74) is 1.82. The maximum atomic E-state index is 14.0. The van der Waals surface area contributed by atoms with Crippen LogP contribution in [0, 0.1) is 21.4 Å². The number of amides is 5. The molecule has 5 atom stereocenters. The number of aliphatic hydroxyl groups excluding tert-OH is 8. The zero-order valence-electron chi connectivity index (χ0n) is 27.0. The van der Waals surface area contributed by atoms with Crippen molar-refractivity contribution in [2.45, 2.75) is 37.3 Å². The van der Waals surface area contributed by atoms with Gasteiger partial charge in [-0.2, -0.15) is 0 Å². The van der Waals surface area contributed by atoms with Gasteiger partial charge in [-0.3, -0.25) is 29.4 Å². The number of carbonyl (C=O) groups excluding carboxylic acids is 5. The molecule has 0 spiro atoms. The number of hydrogen-bond acceptors (Lipinski definition) is 13. The molecule has 24 heteroatoms. The molecule has 0 radical (unpaired) electrons. The van der Waals surface area contributed by atoms with Crippen LogP contribution in [0.25, 0.3) is 0 Å². The third kappa shape index (κ3) is 12.2. The fourth-order valence-corrected chi connectivity index (χ4v) is 13.3. The zero-order chi connectivity index (χ0) is 40.5. The van der Waals surface area contributed by atoms with Crippen LogP contribution in [0.2, 0.25) is 0 Å². The van der Waals surface area contributed by atoms with Gasteiger partial charge in [-0.1, -0.05) is 0 Å². The van der Waals surface area contributed by atoms with E-state index in [1.165, 1.54) is 6.07 Å². The van der Waals surface area contributed by atoms with Crippen molar-refractivity contribution in [3.05, 3.63) is 49.7 Å². The van der Waals surface area contributed by atoms with Gasteiger partial charge in [0.1, 0.15) is 0 Å². The second-order valence-electron chi connectivity index (χ2n) is 10.8. The molecule has 0 aromatic heterocycles. The Kier molecular flexibility index (Phi) is 21.0. The Labute approximate surface area is 383 Å². The SMILES string of the molecule is CC(=O)N(NC(=O)c1c(I)cc(I)c(C(=O)NCC(O)CO)c1I)c1c(I)c(C(=O)NC(CO)C(O)CO)c(I)c(C(=O)NC(CO)C(O)CO)c1I. The number of hydrogen-bond donors (Lipinski definition) is 12. The van der Waals surface area contributed by atoms with Crippen LogP contribution in [-0.4, -0.2) is 140 Å². The fourth-order valence-electron chi connectivity index (χ4n) is 4.33. The summed E-state index contributed by atoms with van der Waals surface area (Å²) in [6, 6.07) is -1.21. The number of aliphatic hydroxyl groups is 8. The molecule has 53 heavy (non-hydrogen) atoms. The van der Waals surface area contributed by atoms with Gasteiger partial charge in [0.25, 0.3) is 23.6 Å². The van der Waals surface area contributed by atoms with Gasteiger partial charge in [0.2, 0.25) is 5.91 Å². The van der Waals surface area contributed by atoms with Crippen LogP contribution in [0.5, 0.6) is 0 Å². The van der Waals surface area contributed by atoms with Gasteiger partial charge in [-0.25, -0.2) is 5.01 Å². The lowest BCUT2D eigenvalue weighted by atomic mass is 10.0. The van der Waals surface area contributed by atoms with E-state index in [2.05, 4.69) is 21.4 Å². The van der Waals surface area contributed by atoms with Crippen LogP contribution in [0.3, 0.4) is 0 Å². The molecule has 18 nitrogen and oxygen atoms in total. The number of anilines is 1. The number of hydrazine groups is 1. The Morgan fingerprint density at radius 3 is 1.40 bits per heavy atom.